The molecule has 1 rings (SSSR count). The molecule has 0 aliphatic carbocycles. The van der Waals surface area contributed by atoms with Gasteiger partial charge in [0, 0.05) is 11.1 Å². The Morgan fingerprint density at radius 2 is 2.06 bits per heavy atom. The van der Waals surface area contributed by atoms with Crippen molar-refractivity contribution in [2.75, 3.05) is 0 Å². The highest BCUT2D eigenvalue weighted by Gasteiger charge is 2.11. The molecule has 0 radical (unpaired) electrons. The summed E-state index contributed by atoms with van der Waals surface area (Å²) in [5, 5.41) is 6.96. The van der Waals surface area contributed by atoms with Crippen molar-refractivity contribution in [3.8, 4) is 0 Å². The summed E-state index contributed by atoms with van der Waals surface area (Å²) in [6.07, 6.45) is 0. The number of hydrogen-bond donors (Lipinski definition) is 2. The number of nitrogens with one attached hydrogen (secondary N) is 1. The van der Waals surface area contributed by atoms with Gasteiger partial charge >= 0.3 is 0 Å². The van der Waals surface area contributed by atoms with E-state index in [2.05, 4.69) is 15.5 Å². The summed E-state index contributed by atoms with van der Waals surface area (Å²) in [5.74, 6) is 1.23. The van der Waals surface area contributed by atoms with Gasteiger partial charge in [-0.15, -0.1) is 0 Å². The van der Waals surface area contributed by atoms with Crippen molar-refractivity contribution in [2.45, 2.75) is 46.7 Å². The van der Waals surface area contributed by atoms with Crippen LogP contribution < -0.4 is 11.1 Å². The van der Waals surface area contributed by atoms with Crippen molar-refractivity contribution in [1.82, 2.24) is 10.5 Å². The van der Waals surface area contributed by atoms with Crippen LogP contribution in [0.3, 0.4) is 0 Å². The van der Waals surface area contributed by atoms with Crippen LogP contribution in [-0.4, -0.2) is 16.7 Å². The van der Waals surface area contributed by atoms with E-state index < -0.39 is 0 Å². The first-order valence-corrected chi connectivity index (χ1v) is 5.29. The SMILES string of the molecule is Cc1noc(C)c1CN=C(N)NC(C)(C)C. The molecule has 0 aliphatic heterocycles. The van der Waals surface area contributed by atoms with Crippen LogP contribution in [0.2, 0.25) is 0 Å². The van der Waals surface area contributed by atoms with E-state index in [0.717, 1.165) is 17.0 Å². The van der Waals surface area contributed by atoms with Crippen molar-refractivity contribution < 1.29 is 4.52 Å². The quantitative estimate of drug-likeness (QED) is 0.589. The number of aromatic nitrogens is 1. The molecule has 0 aromatic carbocycles. The lowest BCUT2D eigenvalue weighted by molar-refractivity contribution is 0.392. The van der Waals surface area contributed by atoms with Gasteiger partial charge in [0.15, 0.2) is 5.96 Å². The van der Waals surface area contributed by atoms with Crippen LogP contribution >= 0.6 is 0 Å². The van der Waals surface area contributed by atoms with Crippen LogP contribution in [0.5, 0.6) is 0 Å². The van der Waals surface area contributed by atoms with Gasteiger partial charge in [0.05, 0.1) is 12.2 Å². The molecule has 3 N–H and O–H groups in total. The predicted octanol–water partition coefficient (Wildman–Crippen LogP) is 1.49. The Morgan fingerprint density at radius 3 is 2.50 bits per heavy atom. The molecule has 1 aromatic heterocycles. The molecule has 0 amide bonds. The van der Waals surface area contributed by atoms with Gasteiger partial charge in [0.2, 0.25) is 0 Å². The summed E-state index contributed by atoms with van der Waals surface area (Å²) in [6.45, 7) is 10.4. The molecule has 1 heterocycles. The van der Waals surface area contributed by atoms with Crippen LogP contribution in [0.1, 0.15) is 37.8 Å². The minimum Gasteiger partial charge on any atom is -0.370 e. The number of nitrogens with zero attached hydrogens (tertiary/aromatic N) is 2. The van der Waals surface area contributed by atoms with Gasteiger partial charge in [-0.2, -0.15) is 0 Å². The summed E-state index contributed by atoms with van der Waals surface area (Å²) in [5.41, 5.74) is 7.55. The second-order valence-electron chi connectivity index (χ2n) is 4.88. The third kappa shape index (κ3) is 3.56. The molecule has 0 spiro atoms. The zero-order chi connectivity index (χ0) is 12.3. The van der Waals surface area contributed by atoms with E-state index in [1.807, 2.05) is 34.6 Å². The van der Waals surface area contributed by atoms with Gasteiger partial charge in [0.1, 0.15) is 5.76 Å². The van der Waals surface area contributed by atoms with Gasteiger partial charge in [-0.1, -0.05) is 5.16 Å². The molecule has 0 saturated heterocycles. The molecule has 0 unspecified atom stereocenters. The Balaban J connectivity index is 2.66. The van der Waals surface area contributed by atoms with Crippen molar-refractivity contribution in [3.63, 3.8) is 0 Å². The van der Waals surface area contributed by atoms with Crippen LogP contribution in [0, 0.1) is 13.8 Å². The van der Waals surface area contributed by atoms with Crippen LogP contribution in [0.25, 0.3) is 0 Å². The third-order valence-electron chi connectivity index (χ3n) is 2.09. The number of hydrogen-bond acceptors (Lipinski definition) is 3. The number of nitrogens with two attached hydrogens (primary N) is 1. The average Bonchev–Trinajstić information content (AvgIpc) is 2.41. The first kappa shape index (κ1) is 12.5. The monoisotopic (exact) mass is 224 g/mol. The Labute approximate surface area is 96.1 Å². The fraction of sp³-hybridized carbons (Fsp3) is 0.636. The molecule has 0 fully saturated rings. The van der Waals surface area contributed by atoms with Crippen molar-refractivity contribution in [3.05, 3.63) is 17.0 Å². The fourth-order valence-corrected chi connectivity index (χ4v) is 1.32. The number of aliphatic imine (C=N–C) groups is 1. The molecule has 5 nitrogen and oxygen atoms in total. The van der Waals surface area contributed by atoms with E-state index >= 15 is 0 Å². The highest BCUT2D eigenvalue weighted by atomic mass is 16.5. The molecule has 16 heavy (non-hydrogen) atoms. The van der Waals surface area contributed by atoms with Gasteiger partial charge in [-0.25, -0.2) is 4.99 Å². The molecule has 0 aliphatic rings. The predicted molar refractivity (Wildman–Crippen MR) is 64.2 cm³/mol. The molecule has 90 valence electrons. The topological polar surface area (TPSA) is 76.4 Å². The van der Waals surface area contributed by atoms with Gasteiger partial charge in [-0.3, -0.25) is 0 Å². The zero-order valence-corrected chi connectivity index (χ0v) is 10.6. The highest BCUT2D eigenvalue weighted by molar-refractivity contribution is 5.78. The van der Waals surface area contributed by atoms with Gasteiger partial charge in [-0.05, 0) is 34.6 Å². The lowest BCUT2D eigenvalue weighted by atomic mass is 10.1. The van der Waals surface area contributed by atoms with Crippen LogP contribution in [0.4, 0.5) is 0 Å². The molecule has 0 bridgehead atoms. The van der Waals surface area contributed by atoms with Crippen molar-refractivity contribution in [2.24, 2.45) is 10.7 Å². The lowest BCUT2D eigenvalue weighted by Gasteiger charge is -2.20. The summed E-state index contributed by atoms with van der Waals surface area (Å²) < 4.78 is 5.05. The van der Waals surface area contributed by atoms with Crippen molar-refractivity contribution in [1.29, 1.82) is 0 Å². The Hall–Kier alpha value is -1.52. The van der Waals surface area contributed by atoms with E-state index in [1.165, 1.54) is 0 Å². The maximum atomic E-state index is 5.76. The van der Waals surface area contributed by atoms with Crippen LogP contribution in [0.15, 0.2) is 9.52 Å². The summed E-state index contributed by atoms with van der Waals surface area (Å²) in [7, 11) is 0. The largest absolute Gasteiger partial charge is 0.370 e. The lowest BCUT2D eigenvalue weighted by Crippen LogP contribution is -2.44. The molecule has 5 heteroatoms. The smallest absolute Gasteiger partial charge is 0.189 e. The molecule has 1 aromatic rings. The Kier molecular flexibility index (Phi) is 3.57. The molecule has 0 saturated carbocycles. The Morgan fingerprint density at radius 1 is 1.44 bits per heavy atom. The second-order valence-corrected chi connectivity index (χ2v) is 4.88. The average molecular weight is 224 g/mol. The maximum Gasteiger partial charge on any atom is 0.189 e. The maximum absolute atomic E-state index is 5.76. The summed E-state index contributed by atoms with van der Waals surface area (Å²) in [4.78, 5) is 4.26. The molecule has 0 atom stereocenters. The minimum atomic E-state index is -0.0771. The summed E-state index contributed by atoms with van der Waals surface area (Å²) >= 11 is 0. The zero-order valence-electron chi connectivity index (χ0n) is 10.6. The van der Waals surface area contributed by atoms with E-state index in [-0.39, 0.29) is 5.54 Å². The first-order valence-electron chi connectivity index (χ1n) is 5.29. The molecular weight excluding hydrogens is 204 g/mol. The summed E-state index contributed by atoms with van der Waals surface area (Å²) in [6, 6.07) is 0. The Bertz CT molecular complexity index is 368. The van der Waals surface area contributed by atoms with Gasteiger partial charge < -0.3 is 15.6 Å². The minimum absolute atomic E-state index is 0.0771. The van der Waals surface area contributed by atoms with E-state index in [4.69, 9.17) is 10.3 Å². The second kappa shape index (κ2) is 4.55. The third-order valence-corrected chi connectivity index (χ3v) is 2.09. The van der Waals surface area contributed by atoms with Crippen molar-refractivity contribution >= 4 is 5.96 Å². The van der Waals surface area contributed by atoms with E-state index in [0.29, 0.717) is 12.5 Å². The number of aryl methyl sites for hydroxylation is 2. The fourth-order valence-electron chi connectivity index (χ4n) is 1.32. The first-order chi connectivity index (χ1) is 7.29. The van der Waals surface area contributed by atoms with Crippen LogP contribution in [-0.2, 0) is 6.54 Å². The molecular formula is C11H20N4O. The number of rotatable bonds is 2. The normalized spacial score (nSPS) is 12.9. The standard InChI is InChI=1S/C11H20N4O/c1-7-9(8(2)16-15-7)6-13-10(12)14-11(3,4)5/h6H2,1-5H3,(H3,12,13,14). The highest BCUT2D eigenvalue weighted by Crippen LogP contribution is 2.12. The van der Waals surface area contributed by atoms with E-state index in [9.17, 15) is 0 Å². The van der Waals surface area contributed by atoms with Gasteiger partial charge in [0.25, 0.3) is 0 Å². The number of guanidine groups is 1. The van der Waals surface area contributed by atoms with E-state index in [1.54, 1.807) is 0 Å².